The third kappa shape index (κ3) is 3.94. The molecule has 0 spiro atoms. The Morgan fingerprint density at radius 3 is 2.46 bits per heavy atom. The van der Waals surface area contributed by atoms with Crippen LogP contribution in [0, 0.1) is 6.92 Å². The molecule has 0 unspecified atom stereocenters. The third-order valence-corrected chi connectivity index (χ3v) is 4.74. The minimum absolute atomic E-state index is 0.197. The number of aryl methyl sites for hydroxylation is 1. The summed E-state index contributed by atoms with van der Waals surface area (Å²) in [5.74, 6) is -0.282. The van der Waals surface area contributed by atoms with Crippen LogP contribution in [0.4, 0.5) is 0 Å². The molecule has 3 rings (SSSR count). The van der Waals surface area contributed by atoms with Crippen LogP contribution in [0.3, 0.4) is 0 Å². The largest absolute Gasteiger partial charge is 0.424 e. The lowest BCUT2D eigenvalue weighted by atomic mass is 10.1. The summed E-state index contributed by atoms with van der Waals surface area (Å²) in [4.78, 5) is 27.6. The number of ether oxygens (including phenoxy) is 2. The highest BCUT2D eigenvalue weighted by Crippen LogP contribution is 2.36. The second kappa shape index (κ2) is 7.55. The number of esters is 2. The molecule has 0 N–H and O–H groups in total. The zero-order valence-electron chi connectivity index (χ0n) is 13.9. The predicted octanol–water partition coefficient (Wildman–Crippen LogP) is 4.79. The average molecular weight is 479 g/mol. The molecule has 0 bridgehead atoms. The Bertz CT molecular complexity index is 956. The number of hydrogen-bond donors (Lipinski definition) is 0. The van der Waals surface area contributed by atoms with Gasteiger partial charge in [-0.3, -0.25) is 4.79 Å². The van der Waals surface area contributed by atoms with Gasteiger partial charge in [-0.2, -0.15) is 0 Å². The maximum Gasteiger partial charge on any atom is 0.363 e. The van der Waals surface area contributed by atoms with Crippen molar-refractivity contribution in [3.63, 3.8) is 0 Å². The van der Waals surface area contributed by atoms with Gasteiger partial charge in [-0.25, -0.2) is 9.79 Å². The molecule has 0 aromatic heterocycles. The van der Waals surface area contributed by atoms with Gasteiger partial charge in [0.15, 0.2) is 11.4 Å². The number of carbonyl (C=O) groups is 2. The molecule has 0 fully saturated rings. The lowest BCUT2D eigenvalue weighted by Gasteiger charge is -2.08. The van der Waals surface area contributed by atoms with E-state index in [1.165, 1.54) is 6.92 Å². The molecule has 2 aromatic carbocycles. The first-order chi connectivity index (χ1) is 12.3. The van der Waals surface area contributed by atoms with Crippen LogP contribution in [-0.2, 0) is 14.3 Å². The maximum absolute atomic E-state index is 12.2. The predicted molar refractivity (Wildman–Crippen MR) is 105 cm³/mol. The van der Waals surface area contributed by atoms with Crippen molar-refractivity contribution in [1.82, 2.24) is 0 Å². The topological polar surface area (TPSA) is 65.0 Å². The molecule has 0 saturated heterocycles. The van der Waals surface area contributed by atoms with E-state index in [9.17, 15) is 9.59 Å². The van der Waals surface area contributed by atoms with E-state index in [-0.39, 0.29) is 11.6 Å². The summed E-state index contributed by atoms with van der Waals surface area (Å²) in [6, 6.07) is 11.0. The highest BCUT2D eigenvalue weighted by molar-refractivity contribution is 9.11. The van der Waals surface area contributed by atoms with Crippen LogP contribution >= 0.6 is 31.9 Å². The number of rotatable bonds is 3. The highest BCUT2D eigenvalue weighted by atomic mass is 79.9. The van der Waals surface area contributed by atoms with Gasteiger partial charge in [0.05, 0.1) is 8.95 Å². The van der Waals surface area contributed by atoms with Crippen molar-refractivity contribution in [2.24, 2.45) is 4.99 Å². The Labute approximate surface area is 167 Å². The number of aliphatic imine (C=N–C) groups is 1. The van der Waals surface area contributed by atoms with Crippen molar-refractivity contribution >= 4 is 55.8 Å². The van der Waals surface area contributed by atoms with Crippen molar-refractivity contribution in [2.45, 2.75) is 13.8 Å². The first-order valence-electron chi connectivity index (χ1n) is 7.61. The number of carbonyl (C=O) groups excluding carboxylic acids is 2. The molecular formula is C19H13Br2NO4. The summed E-state index contributed by atoms with van der Waals surface area (Å²) in [7, 11) is 0. The lowest BCUT2D eigenvalue weighted by molar-refractivity contribution is -0.132. The first kappa shape index (κ1) is 18.5. The smallest absolute Gasteiger partial charge is 0.363 e. The number of benzene rings is 2. The van der Waals surface area contributed by atoms with Gasteiger partial charge >= 0.3 is 11.9 Å². The van der Waals surface area contributed by atoms with Crippen LogP contribution in [0.1, 0.15) is 23.6 Å². The molecule has 1 heterocycles. The highest BCUT2D eigenvalue weighted by Gasteiger charge is 2.25. The second-order valence-corrected chi connectivity index (χ2v) is 7.27. The quantitative estimate of drug-likeness (QED) is 0.361. The van der Waals surface area contributed by atoms with E-state index in [2.05, 4.69) is 36.9 Å². The van der Waals surface area contributed by atoms with Crippen molar-refractivity contribution < 1.29 is 19.1 Å². The molecular weight excluding hydrogens is 466 g/mol. The van der Waals surface area contributed by atoms with E-state index < -0.39 is 11.9 Å². The van der Waals surface area contributed by atoms with Gasteiger partial charge in [-0.05, 0) is 74.2 Å². The SMILES string of the molecule is CC(=O)Oc1c(Br)cc(/C=C2\N=C(c3ccccc3C)OC2=O)cc1Br. The maximum atomic E-state index is 12.2. The monoisotopic (exact) mass is 477 g/mol. The van der Waals surface area contributed by atoms with E-state index >= 15 is 0 Å². The van der Waals surface area contributed by atoms with Crippen LogP contribution in [0.15, 0.2) is 56.0 Å². The van der Waals surface area contributed by atoms with Crippen LogP contribution in [-0.4, -0.2) is 17.8 Å². The van der Waals surface area contributed by atoms with Gasteiger partial charge in [0.1, 0.15) is 0 Å². The molecule has 0 aliphatic carbocycles. The second-order valence-electron chi connectivity index (χ2n) is 5.56. The molecule has 5 nitrogen and oxygen atoms in total. The summed E-state index contributed by atoms with van der Waals surface area (Å²) >= 11 is 6.72. The third-order valence-electron chi connectivity index (χ3n) is 3.57. The van der Waals surface area contributed by atoms with Crippen molar-refractivity contribution in [3.05, 3.63) is 67.7 Å². The minimum Gasteiger partial charge on any atom is -0.424 e. The fourth-order valence-corrected chi connectivity index (χ4v) is 3.78. The normalized spacial score (nSPS) is 15.0. The summed E-state index contributed by atoms with van der Waals surface area (Å²) in [5, 5.41) is 0. The number of halogens is 2. The molecule has 7 heteroatoms. The zero-order valence-corrected chi connectivity index (χ0v) is 17.0. The molecule has 0 saturated carbocycles. The molecule has 0 radical (unpaired) electrons. The zero-order chi connectivity index (χ0) is 18.8. The van der Waals surface area contributed by atoms with Crippen molar-refractivity contribution in [1.29, 1.82) is 0 Å². The van der Waals surface area contributed by atoms with Gasteiger partial charge in [0.2, 0.25) is 5.90 Å². The Morgan fingerprint density at radius 2 is 1.85 bits per heavy atom. The Morgan fingerprint density at radius 1 is 1.19 bits per heavy atom. The van der Waals surface area contributed by atoms with Crippen molar-refractivity contribution in [3.8, 4) is 5.75 Å². The summed E-state index contributed by atoms with van der Waals surface area (Å²) in [5.41, 5.74) is 2.64. The van der Waals surface area contributed by atoms with Gasteiger partial charge in [-0.1, -0.05) is 18.2 Å². The van der Waals surface area contributed by atoms with Gasteiger partial charge in [0.25, 0.3) is 0 Å². The van der Waals surface area contributed by atoms with Crippen LogP contribution in [0.5, 0.6) is 5.75 Å². The molecule has 0 amide bonds. The Kier molecular flexibility index (Phi) is 5.38. The summed E-state index contributed by atoms with van der Waals surface area (Å²) < 4.78 is 11.6. The number of cyclic esters (lactones) is 1. The molecule has 26 heavy (non-hydrogen) atoms. The standard InChI is InChI=1S/C19H13Br2NO4/c1-10-5-3-4-6-13(10)18-22-16(19(24)26-18)9-12-7-14(20)17(15(21)8-12)25-11(2)23/h3-9H,1-2H3/b16-9-. The Balaban J connectivity index is 1.96. The summed E-state index contributed by atoms with van der Waals surface area (Å²) in [6.45, 7) is 3.25. The van der Waals surface area contributed by atoms with E-state index in [0.29, 0.717) is 20.3 Å². The molecule has 1 aliphatic heterocycles. The lowest BCUT2D eigenvalue weighted by Crippen LogP contribution is -2.06. The van der Waals surface area contributed by atoms with Crippen molar-refractivity contribution in [2.75, 3.05) is 0 Å². The molecule has 0 atom stereocenters. The molecule has 1 aliphatic rings. The van der Waals surface area contributed by atoms with Gasteiger partial charge in [0, 0.05) is 12.5 Å². The van der Waals surface area contributed by atoms with E-state index in [4.69, 9.17) is 9.47 Å². The average Bonchev–Trinajstić information content (AvgIpc) is 2.92. The fraction of sp³-hybridized carbons (Fsp3) is 0.105. The fourth-order valence-electron chi connectivity index (χ4n) is 2.40. The molecule has 132 valence electrons. The van der Waals surface area contributed by atoms with Gasteiger partial charge in [-0.15, -0.1) is 0 Å². The first-order valence-corrected chi connectivity index (χ1v) is 9.20. The summed E-state index contributed by atoms with van der Waals surface area (Å²) in [6.07, 6.45) is 1.61. The van der Waals surface area contributed by atoms with E-state index in [1.807, 2.05) is 31.2 Å². The van der Waals surface area contributed by atoms with Crippen LogP contribution < -0.4 is 4.74 Å². The van der Waals surface area contributed by atoms with Crippen LogP contribution in [0.25, 0.3) is 6.08 Å². The minimum atomic E-state index is -0.514. The van der Waals surface area contributed by atoms with E-state index in [0.717, 1.165) is 11.1 Å². The Hall–Kier alpha value is -2.25. The molecule has 2 aromatic rings. The number of hydrogen-bond acceptors (Lipinski definition) is 5. The van der Waals surface area contributed by atoms with E-state index in [1.54, 1.807) is 18.2 Å². The van der Waals surface area contributed by atoms with Crippen LogP contribution in [0.2, 0.25) is 0 Å². The van der Waals surface area contributed by atoms with Gasteiger partial charge < -0.3 is 9.47 Å². The number of nitrogens with zero attached hydrogens (tertiary/aromatic N) is 1.